The fourth-order valence-electron chi connectivity index (χ4n) is 2.81. The van der Waals surface area contributed by atoms with Crippen molar-refractivity contribution in [2.45, 2.75) is 0 Å². The molecule has 0 unspecified atom stereocenters. The van der Waals surface area contributed by atoms with Crippen LogP contribution < -0.4 is 10.1 Å². The maximum absolute atomic E-state index is 13.0. The van der Waals surface area contributed by atoms with Gasteiger partial charge in [-0.2, -0.15) is 0 Å². The number of aromatic nitrogens is 2. The molecule has 1 amide bonds. The first kappa shape index (κ1) is 15.1. The number of rotatable bonds is 3. The van der Waals surface area contributed by atoms with Crippen LogP contribution in [0.5, 0.6) is 5.75 Å². The van der Waals surface area contributed by atoms with Crippen LogP contribution in [0.2, 0.25) is 0 Å². The number of hydrogen-bond donors (Lipinski definition) is 2. The van der Waals surface area contributed by atoms with Crippen molar-refractivity contribution in [1.82, 2.24) is 9.97 Å². The van der Waals surface area contributed by atoms with Crippen LogP contribution in [-0.4, -0.2) is 23.0 Å². The zero-order valence-electron chi connectivity index (χ0n) is 13.3. The van der Waals surface area contributed by atoms with Crippen molar-refractivity contribution in [3.8, 4) is 5.75 Å². The first-order valence-electron chi connectivity index (χ1n) is 7.67. The van der Waals surface area contributed by atoms with Crippen molar-refractivity contribution < 1.29 is 13.9 Å². The number of halogens is 1. The number of carbonyl (C=O) groups excluding carboxylic acids is 1. The van der Waals surface area contributed by atoms with E-state index < -0.39 is 0 Å². The van der Waals surface area contributed by atoms with E-state index in [1.54, 1.807) is 13.3 Å². The number of pyridine rings is 1. The molecule has 4 aromatic rings. The lowest BCUT2D eigenvalue weighted by molar-refractivity contribution is 0.102. The van der Waals surface area contributed by atoms with Gasteiger partial charge in [-0.25, -0.2) is 9.37 Å². The molecule has 0 bridgehead atoms. The number of ether oxygens (including phenoxy) is 1. The number of carbonyl (C=O) groups is 1. The highest BCUT2D eigenvalue weighted by Crippen LogP contribution is 2.31. The van der Waals surface area contributed by atoms with Crippen molar-refractivity contribution >= 4 is 33.5 Å². The van der Waals surface area contributed by atoms with Crippen LogP contribution in [0.25, 0.3) is 21.8 Å². The molecule has 25 heavy (non-hydrogen) atoms. The summed E-state index contributed by atoms with van der Waals surface area (Å²) < 4.78 is 18.3. The predicted octanol–water partition coefficient (Wildman–Crippen LogP) is 4.12. The van der Waals surface area contributed by atoms with Gasteiger partial charge in [0.25, 0.3) is 5.91 Å². The van der Waals surface area contributed by atoms with Crippen molar-refractivity contribution in [3.05, 3.63) is 66.1 Å². The summed E-state index contributed by atoms with van der Waals surface area (Å²) in [5.41, 5.74) is 1.97. The number of hydrogen-bond acceptors (Lipinski definition) is 3. The summed E-state index contributed by atoms with van der Waals surface area (Å²) >= 11 is 0. The normalized spacial score (nSPS) is 11.0. The molecule has 0 radical (unpaired) electrons. The minimum absolute atomic E-state index is 0.351. The minimum atomic E-state index is -0.388. The number of anilines is 1. The standard InChI is InChI=1S/C19H14FN3O2/c1-25-13-6-7-14-15-8-9-21-18(17(15)22-16(14)10-13)23-19(24)11-2-4-12(20)5-3-11/h2-10,22H,1H3,(H,21,23,24). The Morgan fingerprint density at radius 1 is 1.12 bits per heavy atom. The molecule has 0 fully saturated rings. The van der Waals surface area contributed by atoms with E-state index in [1.807, 2.05) is 24.3 Å². The molecular weight excluding hydrogens is 321 g/mol. The first-order valence-corrected chi connectivity index (χ1v) is 7.67. The zero-order chi connectivity index (χ0) is 17.4. The van der Waals surface area contributed by atoms with Crippen LogP contribution >= 0.6 is 0 Å². The van der Waals surface area contributed by atoms with Gasteiger partial charge in [0, 0.05) is 28.6 Å². The average Bonchev–Trinajstić information content (AvgIpc) is 3.01. The summed E-state index contributed by atoms with van der Waals surface area (Å²) in [5.74, 6) is 0.420. The van der Waals surface area contributed by atoms with Crippen molar-refractivity contribution in [2.24, 2.45) is 0 Å². The Bertz CT molecular complexity index is 1090. The lowest BCUT2D eigenvalue weighted by Gasteiger charge is -2.05. The maximum Gasteiger partial charge on any atom is 0.256 e. The van der Waals surface area contributed by atoms with Gasteiger partial charge in [0.05, 0.1) is 18.1 Å². The molecular formula is C19H14FN3O2. The minimum Gasteiger partial charge on any atom is -0.497 e. The van der Waals surface area contributed by atoms with Crippen LogP contribution in [0.3, 0.4) is 0 Å². The second kappa shape index (κ2) is 5.90. The largest absolute Gasteiger partial charge is 0.497 e. The van der Waals surface area contributed by atoms with Gasteiger partial charge in [0.15, 0.2) is 5.82 Å². The second-order valence-electron chi connectivity index (χ2n) is 5.58. The quantitative estimate of drug-likeness (QED) is 0.592. The molecule has 2 aromatic heterocycles. The number of fused-ring (bicyclic) bond motifs is 3. The van der Waals surface area contributed by atoms with Gasteiger partial charge in [0.1, 0.15) is 11.6 Å². The van der Waals surface area contributed by atoms with Gasteiger partial charge in [-0.15, -0.1) is 0 Å². The molecule has 5 nitrogen and oxygen atoms in total. The Labute approximate surface area is 142 Å². The number of benzene rings is 2. The summed E-state index contributed by atoms with van der Waals surface area (Å²) in [6, 6.07) is 13.0. The molecule has 0 saturated carbocycles. The number of methoxy groups -OCH3 is 1. The highest BCUT2D eigenvalue weighted by atomic mass is 19.1. The molecule has 6 heteroatoms. The van der Waals surface area contributed by atoms with Crippen molar-refractivity contribution in [2.75, 3.05) is 12.4 Å². The van der Waals surface area contributed by atoms with E-state index in [0.717, 1.165) is 27.6 Å². The average molecular weight is 335 g/mol. The lowest BCUT2D eigenvalue weighted by Crippen LogP contribution is -2.13. The monoisotopic (exact) mass is 335 g/mol. The van der Waals surface area contributed by atoms with Gasteiger partial charge in [-0.3, -0.25) is 4.79 Å². The van der Waals surface area contributed by atoms with Gasteiger partial charge >= 0.3 is 0 Å². The molecule has 124 valence electrons. The number of aromatic amines is 1. The molecule has 0 aliphatic rings. The number of amides is 1. The SMILES string of the molecule is COc1ccc2c(c1)[nH]c1c(NC(=O)c3ccc(F)cc3)nccc12. The predicted molar refractivity (Wildman–Crippen MR) is 94.5 cm³/mol. The Kier molecular flexibility index (Phi) is 3.57. The van der Waals surface area contributed by atoms with E-state index in [4.69, 9.17) is 4.74 Å². The van der Waals surface area contributed by atoms with Gasteiger partial charge in [-0.1, -0.05) is 0 Å². The van der Waals surface area contributed by atoms with Gasteiger partial charge in [-0.05, 0) is 42.5 Å². The van der Waals surface area contributed by atoms with Crippen molar-refractivity contribution in [3.63, 3.8) is 0 Å². The third kappa shape index (κ3) is 2.67. The molecule has 2 aromatic carbocycles. The van der Waals surface area contributed by atoms with E-state index >= 15 is 0 Å². The Morgan fingerprint density at radius 2 is 1.92 bits per heavy atom. The summed E-state index contributed by atoms with van der Waals surface area (Å²) in [7, 11) is 1.61. The van der Waals surface area contributed by atoms with E-state index in [0.29, 0.717) is 11.4 Å². The molecule has 0 aliphatic heterocycles. The first-order chi connectivity index (χ1) is 12.2. The van der Waals surface area contributed by atoms with E-state index in [-0.39, 0.29) is 11.7 Å². The molecule has 2 heterocycles. The molecule has 0 aliphatic carbocycles. The van der Waals surface area contributed by atoms with Crippen LogP contribution in [0.15, 0.2) is 54.7 Å². The fourth-order valence-corrected chi connectivity index (χ4v) is 2.81. The number of nitrogens with one attached hydrogen (secondary N) is 2. The van der Waals surface area contributed by atoms with E-state index in [1.165, 1.54) is 24.3 Å². The lowest BCUT2D eigenvalue weighted by atomic mass is 10.1. The summed E-state index contributed by atoms with van der Waals surface area (Å²) in [6.07, 6.45) is 1.64. The van der Waals surface area contributed by atoms with E-state index in [9.17, 15) is 9.18 Å². The number of H-pyrrole nitrogens is 1. The zero-order valence-corrected chi connectivity index (χ0v) is 13.3. The van der Waals surface area contributed by atoms with Gasteiger partial charge in [0.2, 0.25) is 0 Å². The smallest absolute Gasteiger partial charge is 0.256 e. The molecule has 0 saturated heterocycles. The molecule has 0 spiro atoms. The second-order valence-corrected chi connectivity index (χ2v) is 5.58. The maximum atomic E-state index is 13.0. The van der Waals surface area contributed by atoms with Crippen LogP contribution in [0.1, 0.15) is 10.4 Å². The Balaban J connectivity index is 1.76. The third-order valence-electron chi connectivity index (χ3n) is 4.07. The third-order valence-corrected chi connectivity index (χ3v) is 4.07. The molecule has 2 N–H and O–H groups in total. The topological polar surface area (TPSA) is 67.0 Å². The Morgan fingerprint density at radius 3 is 2.68 bits per heavy atom. The van der Waals surface area contributed by atoms with Crippen molar-refractivity contribution in [1.29, 1.82) is 0 Å². The highest BCUT2D eigenvalue weighted by molar-refractivity contribution is 6.14. The van der Waals surface area contributed by atoms with Crippen LogP contribution in [0.4, 0.5) is 10.2 Å². The number of nitrogens with zero attached hydrogens (tertiary/aromatic N) is 1. The Hall–Kier alpha value is -3.41. The van der Waals surface area contributed by atoms with Crippen LogP contribution in [-0.2, 0) is 0 Å². The van der Waals surface area contributed by atoms with Gasteiger partial charge < -0.3 is 15.0 Å². The summed E-state index contributed by atoms with van der Waals surface area (Å²) in [5, 5.41) is 4.73. The molecule has 0 atom stereocenters. The summed E-state index contributed by atoms with van der Waals surface area (Å²) in [6.45, 7) is 0. The molecule has 4 rings (SSSR count). The van der Waals surface area contributed by atoms with Crippen LogP contribution in [0, 0.1) is 5.82 Å². The highest BCUT2D eigenvalue weighted by Gasteiger charge is 2.13. The van der Waals surface area contributed by atoms with E-state index in [2.05, 4.69) is 15.3 Å². The fraction of sp³-hybridized carbons (Fsp3) is 0.0526. The summed E-state index contributed by atoms with van der Waals surface area (Å²) in [4.78, 5) is 19.9.